The van der Waals surface area contributed by atoms with Gasteiger partial charge in [0.15, 0.2) is 0 Å². The maximum atomic E-state index is 5.99. The van der Waals surface area contributed by atoms with E-state index in [2.05, 4.69) is 44.6 Å². The van der Waals surface area contributed by atoms with Gasteiger partial charge in [-0.1, -0.05) is 30.0 Å². The van der Waals surface area contributed by atoms with Crippen molar-refractivity contribution in [1.29, 1.82) is 0 Å². The molecule has 2 heterocycles. The van der Waals surface area contributed by atoms with Gasteiger partial charge in [-0.25, -0.2) is 9.97 Å². The van der Waals surface area contributed by atoms with Gasteiger partial charge >= 0.3 is 0 Å². The Morgan fingerprint density at radius 1 is 1.00 bits per heavy atom. The summed E-state index contributed by atoms with van der Waals surface area (Å²) >= 11 is 0. The largest absolute Gasteiger partial charge is 0.457 e. The monoisotopic (exact) mass is 406 g/mol. The molecule has 0 unspecified atom stereocenters. The molecule has 1 fully saturated rings. The number of aryl methyl sites for hydroxylation is 1. The molecule has 31 heavy (non-hydrogen) atoms. The predicted octanol–water partition coefficient (Wildman–Crippen LogP) is 5.05. The van der Waals surface area contributed by atoms with Crippen molar-refractivity contribution >= 4 is 22.4 Å². The number of fused-ring (bicyclic) bond motifs is 1. The number of hydrogen-bond donors (Lipinski definition) is 2. The highest BCUT2D eigenvalue weighted by molar-refractivity contribution is 5.91. The Hall–Kier alpha value is -3.88. The zero-order valence-electron chi connectivity index (χ0n) is 17.2. The lowest BCUT2D eigenvalue weighted by Gasteiger charge is -2.21. The summed E-state index contributed by atoms with van der Waals surface area (Å²) in [5.41, 5.74) is 3.83. The van der Waals surface area contributed by atoms with Crippen molar-refractivity contribution in [2.75, 3.05) is 18.4 Å². The van der Waals surface area contributed by atoms with E-state index in [-0.39, 0.29) is 0 Å². The summed E-state index contributed by atoms with van der Waals surface area (Å²) in [5, 5.41) is 7.62. The summed E-state index contributed by atoms with van der Waals surface area (Å²) in [6, 6.07) is 21.9. The molecule has 0 spiro atoms. The number of benzene rings is 3. The number of hydrogen-bond acceptors (Lipinski definition) is 5. The molecule has 1 aliphatic rings. The summed E-state index contributed by atoms with van der Waals surface area (Å²) in [6.45, 7) is 3.98. The minimum Gasteiger partial charge on any atom is -0.457 e. The molecule has 1 aromatic heterocycles. The first-order valence-corrected chi connectivity index (χ1v) is 10.3. The molecule has 5 nitrogen and oxygen atoms in total. The Labute approximate surface area is 181 Å². The molecule has 152 valence electrons. The average molecular weight is 406 g/mol. The predicted molar refractivity (Wildman–Crippen MR) is 124 cm³/mol. The van der Waals surface area contributed by atoms with Crippen LogP contribution in [0.15, 0.2) is 73.1 Å². The highest BCUT2D eigenvalue weighted by Gasteiger charge is 2.13. The van der Waals surface area contributed by atoms with Crippen LogP contribution in [-0.2, 0) is 0 Å². The molecular weight excluding hydrogens is 384 g/mol. The van der Waals surface area contributed by atoms with Gasteiger partial charge in [0.05, 0.1) is 5.52 Å². The summed E-state index contributed by atoms with van der Waals surface area (Å²) < 4.78 is 5.99. The van der Waals surface area contributed by atoms with Gasteiger partial charge in [-0.05, 0) is 61.0 Å². The van der Waals surface area contributed by atoms with E-state index in [1.165, 1.54) is 0 Å². The number of rotatable bonds is 4. The fraction of sp³-hybridized carbons (Fsp3) is 0.154. The van der Waals surface area contributed by atoms with Gasteiger partial charge in [-0.2, -0.15) is 0 Å². The SMILES string of the molecule is Cc1cc(Nc2ncnc3ccc(C#CC4CNC4)cc23)ccc1Oc1ccccc1. The quantitative estimate of drug-likeness (QED) is 0.465. The van der Waals surface area contributed by atoms with Gasteiger partial charge in [0.1, 0.15) is 23.6 Å². The molecule has 1 aliphatic heterocycles. The normalized spacial score (nSPS) is 13.2. The van der Waals surface area contributed by atoms with Crippen molar-refractivity contribution in [3.05, 3.63) is 84.2 Å². The maximum absolute atomic E-state index is 5.99. The Morgan fingerprint density at radius 2 is 1.87 bits per heavy atom. The Balaban J connectivity index is 1.40. The second-order valence-electron chi connectivity index (χ2n) is 7.60. The lowest BCUT2D eigenvalue weighted by Crippen LogP contribution is -2.40. The van der Waals surface area contributed by atoms with Crippen LogP contribution in [0.4, 0.5) is 11.5 Å². The minimum absolute atomic E-state index is 0.444. The third-order valence-corrected chi connectivity index (χ3v) is 5.25. The lowest BCUT2D eigenvalue weighted by molar-refractivity contribution is 0.432. The summed E-state index contributed by atoms with van der Waals surface area (Å²) in [6.07, 6.45) is 1.58. The number of nitrogens with zero attached hydrogens (tertiary/aromatic N) is 2. The smallest absolute Gasteiger partial charge is 0.141 e. The van der Waals surface area contributed by atoms with E-state index in [1.807, 2.05) is 61.5 Å². The van der Waals surface area contributed by atoms with E-state index < -0.39 is 0 Å². The van der Waals surface area contributed by atoms with Crippen LogP contribution in [0.25, 0.3) is 10.9 Å². The van der Waals surface area contributed by atoms with Crippen molar-refractivity contribution in [2.24, 2.45) is 5.92 Å². The molecule has 0 saturated carbocycles. The molecule has 0 bridgehead atoms. The highest BCUT2D eigenvalue weighted by atomic mass is 16.5. The Morgan fingerprint density at radius 3 is 2.65 bits per heavy atom. The molecule has 1 saturated heterocycles. The first-order chi connectivity index (χ1) is 15.2. The van der Waals surface area contributed by atoms with Crippen LogP contribution in [-0.4, -0.2) is 23.1 Å². The zero-order valence-corrected chi connectivity index (χ0v) is 17.2. The van der Waals surface area contributed by atoms with Crippen molar-refractivity contribution < 1.29 is 4.74 Å². The molecule has 0 amide bonds. The van der Waals surface area contributed by atoms with Crippen LogP contribution in [0.2, 0.25) is 0 Å². The first kappa shape index (κ1) is 19.1. The number of para-hydroxylation sites is 1. The molecule has 5 heteroatoms. The van der Waals surface area contributed by atoms with E-state index >= 15 is 0 Å². The first-order valence-electron chi connectivity index (χ1n) is 10.3. The van der Waals surface area contributed by atoms with Gasteiger partial charge in [0.2, 0.25) is 0 Å². The van der Waals surface area contributed by atoms with Crippen LogP contribution in [0.1, 0.15) is 11.1 Å². The van der Waals surface area contributed by atoms with Crippen LogP contribution in [0.5, 0.6) is 11.5 Å². The van der Waals surface area contributed by atoms with E-state index in [1.54, 1.807) is 6.33 Å². The van der Waals surface area contributed by atoms with Crippen LogP contribution in [0, 0.1) is 24.7 Å². The second kappa shape index (κ2) is 8.47. The Bertz CT molecular complexity index is 1290. The fourth-order valence-corrected chi connectivity index (χ4v) is 3.40. The molecule has 5 rings (SSSR count). The van der Waals surface area contributed by atoms with Gasteiger partial charge in [0, 0.05) is 35.6 Å². The number of ether oxygens (including phenoxy) is 1. The van der Waals surface area contributed by atoms with Crippen molar-refractivity contribution in [2.45, 2.75) is 6.92 Å². The standard InChI is InChI=1S/C26H22N4O/c1-18-13-21(10-12-25(18)31-22-5-3-2-4-6-22)30-26-23-14-19(7-8-20-15-27-16-20)9-11-24(23)28-17-29-26/h2-6,9-14,17,20,27H,15-16H2,1H3,(H,28,29,30). The highest BCUT2D eigenvalue weighted by Crippen LogP contribution is 2.29. The molecule has 0 atom stereocenters. The van der Waals surface area contributed by atoms with E-state index in [9.17, 15) is 0 Å². The van der Waals surface area contributed by atoms with Gasteiger partial charge in [-0.15, -0.1) is 0 Å². The Kier molecular flexibility index (Phi) is 5.22. The number of nitrogens with one attached hydrogen (secondary N) is 2. The number of aromatic nitrogens is 2. The van der Waals surface area contributed by atoms with E-state index in [0.717, 1.165) is 58.1 Å². The van der Waals surface area contributed by atoms with E-state index in [4.69, 9.17) is 4.74 Å². The lowest BCUT2D eigenvalue weighted by atomic mass is 10.0. The zero-order chi connectivity index (χ0) is 21.0. The third kappa shape index (κ3) is 4.35. The minimum atomic E-state index is 0.444. The van der Waals surface area contributed by atoms with Crippen LogP contribution >= 0.6 is 0 Å². The molecule has 3 aromatic carbocycles. The van der Waals surface area contributed by atoms with Gasteiger partial charge in [0.25, 0.3) is 0 Å². The summed E-state index contributed by atoms with van der Waals surface area (Å²) in [4.78, 5) is 8.87. The number of anilines is 2. The van der Waals surface area contributed by atoms with Crippen LogP contribution < -0.4 is 15.4 Å². The van der Waals surface area contributed by atoms with E-state index in [0.29, 0.717) is 5.92 Å². The average Bonchev–Trinajstić information content (AvgIpc) is 2.76. The topological polar surface area (TPSA) is 59.1 Å². The molecular formula is C26H22N4O. The van der Waals surface area contributed by atoms with Crippen molar-refractivity contribution in [3.8, 4) is 23.3 Å². The summed E-state index contributed by atoms with van der Waals surface area (Å²) in [5.74, 6) is 9.44. The molecule has 0 aliphatic carbocycles. The molecule has 2 N–H and O–H groups in total. The molecule has 4 aromatic rings. The second-order valence-corrected chi connectivity index (χ2v) is 7.60. The fourth-order valence-electron chi connectivity index (χ4n) is 3.40. The van der Waals surface area contributed by atoms with Gasteiger partial charge < -0.3 is 15.4 Å². The third-order valence-electron chi connectivity index (χ3n) is 5.25. The van der Waals surface area contributed by atoms with Crippen LogP contribution in [0.3, 0.4) is 0 Å². The van der Waals surface area contributed by atoms with Crippen molar-refractivity contribution in [1.82, 2.24) is 15.3 Å². The summed E-state index contributed by atoms with van der Waals surface area (Å²) in [7, 11) is 0. The maximum Gasteiger partial charge on any atom is 0.141 e. The molecule has 0 radical (unpaired) electrons. The van der Waals surface area contributed by atoms with Gasteiger partial charge in [-0.3, -0.25) is 0 Å². The van der Waals surface area contributed by atoms with Crippen molar-refractivity contribution in [3.63, 3.8) is 0 Å².